The molecule has 0 atom stereocenters. The first-order valence-corrected chi connectivity index (χ1v) is 9.03. The topological polar surface area (TPSA) is 65.2 Å². The van der Waals surface area contributed by atoms with E-state index >= 15 is 0 Å². The second kappa shape index (κ2) is 6.72. The van der Waals surface area contributed by atoms with Crippen LogP contribution in [0.1, 0.15) is 27.2 Å². The first-order chi connectivity index (χ1) is 12.6. The molecule has 0 amide bonds. The third-order valence-electron chi connectivity index (χ3n) is 4.06. The van der Waals surface area contributed by atoms with Crippen LogP contribution < -0.4 is 0 Å². The third-order valence-corrected chi connectivity index (χ3v) is 4.96. The Balaban J connectivity index is 1.69. The average molecular weight is 364 g/mol. The van der Waals surface area contributed by atoms with Crippen molar-refractivity contribution in [2.45, 2.75) is 20.5 Å². The smallest absolute Gasteiger partial charge is 0.339 e. The number of hydrogen-bond donors (Lipinski definition) is 0. The monoisotopic (exact) mass is 364 g/mol. The molecular formula is C20H16N2O3S. The number of carbonyl (C=O) groups excluding carboxylic acids is 1. The number of thiophene rings is 1. The van der Waals surface area contributed by atoms with Gasteiger partial charge in [0.1, 0.15) is 6.61 Å². The predicted molar refractivity (Wildman–Crippen MR) is 100 cm³/mol. The Bertz CT molecular complexity index is 1080. The largest absolute Gasteiger partial charge is 0.457 e. The number of hydrogen-bond acceptors (Lipinski definition) is 6. The van der Waals surface area contributed by atoms with Crippen molar-refractivity contribution >= 4 is 28.4 Å². The molecule has 3 heterocycles. The minimum absolute atomic E-state index is 0.211. The number of fused-ring (bicyclic) bond motifs is 1. The molecule has 0 saturated carbocycles. The summed E-state index contributed by atoms with van der Waals surface area (Å²) in [6.45, 7) is 4.00. The van der Waals surface area contributed by atoms with Crippen LogP contribution in [0.15, 0.2) is 52.4 Å². The Morgan fingerprint density at radius 2 is 2.08 bits per heavy atom. The summed E-state index contributed by atoms with van der Waals surface area (Å²) in [5, 5.41) is 6.51. The molecule has 0 radical (unpaired) electrons. The number of aryl methyl sites for hydroxylation is 2. The van der Waals surface area contributed by atoms with Crippen LogP contribution in [0.2, 0.25) is 0 Å². The van der Waals surface area contributed by atoms with Gasteiger partial charge in [0, 0.05) is 0 Å². The Kier molecular flexibility index (Phi) is 4.26. The zero-order valence-electron chi connectivity index (χ0n) is 14.4. The SMILES string of the molecule is Cc1cccc(COC(=O)c2cc(-c3cccs3)nc3onc(C)c23)c1. The minimum atomic E-state index is -0.414. The number of ether oxygens (including phenoxy) is 1. The number of carbonyl (C=O) groups is 1. The van der Waals surface area contributed by atoms with E-state index in [1.807, 2.05) is 48.7 Å². The fourth-order valence-corrected chi connectivity index (χ4v) is 3.52. The van der Waals surface area contributed by atoms with E-state index in [1.165, 1.54) is 0 Å². The lowest BCUT2D eigenvalue weighted by Crippen LogP contribution is -2.07. The van der Waals surface area contributed by atoms with E-state index in [9.17, 15) is 4.79 Å². The molecule has 0 fully saturated rings. The summed E-state index contributed by atoms with van der Waals surface area (Å²) in [5.74, 6) is -0.414. The number of esters is 1. The van der Waals surface area contributed by atoms with Crippen molar-refractivity contribution in [3.8, 4) is 10.6 Å². The maximum atomic E-state index is 12.8. The molecule has 6 heteroatoms. The highest BCUT2D eigenvalue weighted by Gasteiger charge is 2.20. The fourth-order valence-electron chi connectivity index (χ4n) is 2.83. The van der Waals surface area contributed by atoms with Gasteiger partial charge < -0.3 is 9.26 Å². The zero-order valence-corrected chi connectivity index (χ0v) is 15.2. The Morgan fingerprint density at radius 3 is 2.85 bits per heavy atom. The van der Waals surface area contributed by atoms with Crippen LogP contribution in [0.4, 0.5) is 0 Å². The summed E-state index contributed by atoms with van der Waals surface area (Å²) < 4.78 is 10.8. The van der Waals surface area contributed by atoms with Crippen molar-refractivity contribution in [1.82, 2.24) is 10.1 Å². The van der Waals surface area contributed by atoms with Crippen LogP contribution in [0.5, 0.6) is 0 Å². The lowest BCUT2D eigenvalue weighted by Gasteiger charge is -2.08. The molecule has 0 aliphatic rings. The molecule has 130 valence electrons. The van der Waals surface area contributed by atoms with Crippen molar-refractivity contribution in [2.24, 2.45) is 0 Å². The molecule has 4 rings (SSSR count). The van der Waals surface area contributed by atoms with E-state index in [0.29, 0.717) is 28.1 Å². The van der Waals surface area contributed by atoms with Gasteiger partial charge in [-0.2, -0.15) is 0 Å². The molecule has 0 bridgehead atoms. The molecule has 0 saturated heterocycles. The Morgan fingerprint density at radius 1 is 1.19 bits per heavy atom. The van der Waals surface area contributed by atoms with Crippen LogP contribution in [-0.2, 0) is 11.3 Å². The molecule has 5 nitrogen and oxygen atoms in total. The number of benzene rings is 1. The number of aromatic nitrogens is 2. The van der Waals surface area contributed by atoms with Gasteiger partial charge in [-0.3, -0.25) is 0 Å². The summed E-state index contributed by atoms with van der Waals surface area (Å²) >= 11 is 1.55. The van der Waals surface area contributed by atoms with Crippen molar-refractivity contribution < 1.29 is 14.1 Å². The van der Waals surface area contributed by atoms with E-state index < -0.39 is 5.97 Å². The first kappa shape index (κ1) is 16.5. The Labute approximate surface area is 154 Å². The highest BCUT2D eigenvalue weighted by molar-refractivity contribution is 7.13. The molecule has 0 aliphatic carbocycles. The van der Waals surface area contributed by atoms with Gasteiger partial charge in [-0.1, -0.05) is 41.1 Å². The maximum absolute atomic E-state index is 12.8. The Hall–Kier alpha value is -2.99. The van der Waals surface area contributed by atoms with E-state index in [2.05, 4.69) is 10.1 Å². The highest BCUT2D eigenvalue weighted by Crippen LogP contribution is 2.29. The zero-order chi connectivity index (χ0) is 18.1. The minimum Gasteiger partial charge on any atom is -0.457 e. The first-order valence-electron chi connectivity index (χ1n) is 8.15. The van der Waals surface area contributed by atoms with Crippen LogP contribution in [0, 0.1) is 13.8 Å². The van der Waals surface area contributed by atoms with E-state index in [1.54, 1.807) is 24.3 Å². The second-order valence-electron chi connectivity index (χ2n) is 6.05. The van der Waals surface area contributed by atoms with Gasteiger partial charge in [0.25, 0.3) is 5.71 Å². The van der Waals surface area contributed by atoms with E-state index in [4.69, 9.17) is 9.26 Å². The molecule has 0 unspecified atom stereocenters. The summed E-state index contributed by atoms with van der Waals surface area (Å²) in [6, 6.07) is 13.5. The van der Waals surface area contributed by atoms with Gasteiger partial charge >= 0.3 is 5.97 Å². The molecular weight excluding hydrogens is 348 g/mol. The van der Waals surface area contributed by atoms with Crippen LogP contribution in [0.25, 0.3) is 21.7 Å². The van der Waals surface area contributed by atoms with Crippen LogP contribution in [-0.4, -0.2) is 16.1 Å². The van der Waals surface area contributed by atoms with Crippen LogP contribution in [0.3, 0.4) is 0 Å². The second-order valence-corrected chi connectivity index (χ2v) is 6.99. The fraction of sp³-hybridized carbons (Fsp3) is 0.150. The van der Waals surface area contributed by atoms with Gasteiger partial charge in [0.05, 0.1) is 27.2 Å². The maximum Gasteiger partial charge on any atom is 0.339 e. The van der Waals surface area contributed by atoms with Crippen molar-refractivity contribution in [2.75, 3.05) is 0 Å². The molecule has 3 aromatic heterocycles. The molecule has 0 N–H and O–H groups in total. The number of pyridine rings is 1. The normalized spacial score (nSPS) is 11.0. The lowest BCUT2D eigenvalue weighted by molar-refractivity contribution is 0.0475. The van der Waals surface area contributed by atoms with Gasteiger partial charge in [-0.25, -0.2) is 9.78 Å². The third kappa shape index (κ3) is 3.11. The summed E-state index contributed by atoms with van der Waals surface area (Å²) in [7, 11) is 0. The number of nitrogens with zero attached hydrogens (tertiary/aromatic N) is 2. The van der Waals surface area contributed by atoms with Crippen LogP contribution >= 0.6 is 11.3 Å². The van der Waals surface area contributed by atoms with E-state index in [0.717, 1.165) is 16.0 Å². The summed E-state index contributed by atoms with van der Waals surface area (Å²) in [4.78, 5) is 18.2. The van der Waals surface area contributed by atoms with Gasteiger partial charge in [-0.15, -0.1) is 11.3 Å². The van der Waals surface area contributed by atoms with Crippen molar-refractivity contribution in [1.29, 1.82) is 0 Å². The summed E-state index contributed by atoms with van der Waals surface area (Å²) in [6.07, 6.45) is 0. The molecule has 1 aromatic carbocycles. The molecule has 0 aliphatic heterocycles. The highest BCUT2D eigenvalue weighted by atomic mass is 32.1. The van der Waals surface area contributed by atoms with Crippen molar-refractivity contribution in [3.05, 3.63) is 70.2 Å². The number of rotatable bonds is 4. The van der Waals surface area contributed by atoms with Gasteiger partial charge in [-0.05, 0) is 36.9 Å². The predicted octanol–water partition coefficient (Wildman–Crippen LogP) is 4.93. The quantitative estimate of drug-likeness (QED) is 0.481. The van der Waals surface area contributed by atoms with E-state index in [-0.39, 0.29) is 6.61 Å². The van der Waals surface area contributed by atoms with Gasteiger partial charge in [0.15, 0.2) is 0 Å². The standard InChI is InChI=1S/C20H16N2O3S/c1-12-5-3-6-14(9-12)11-24-20(23)15-10-16(17-7-4-8-26-17)21-19-18(15)13(2)22-25-19/h3-10H,11H2,1-2H3. The summed E-state index contributed by atoms with van der Waals surface area (Å²) in [5.41, 5.74) is 4.13. The van der Waals surface area contributed by atoms with Gasteiger partial charge in [0.2, 0.25) is 0 Å². The van der Waals surface area contributed by atoms with Crippen molar-refractivity contribution in [3.63, 3.8) is 0 Å². The molecule has 0 spiro atoms. The molecule has 4 aromatic rings. The average Bonchev–Trinajstić information content (AvgIpc) is 3.29. The lowest BCUT2D eigenvalue weighted by atomic mass is 10.1. The molecule has 26 heavy (non-hydrogen) atoms.